The predicted octanol–water partition coefficient (Wildman–Crippen LogP) is 1.76. The van der Waals surface area contributed by atoms with Gasteiger partial charge in [0.05, 0.1) is 6.07 Å². The van der Waals surface area contributed by atoms with Crippen LogP contribution in [0.4, 0.5) is 0 Å². The Balaban J connectivity index is 1.67. The molecule has 0 aromatic rings. The highest BCUT2D eigenvalue weighted by atomic mass is 16.2. The van der Waals surface area contributed by atoms with Gasteiger partial charge in [-0.3, -0.25) is 9.59 Å². The maximum Gasteiger partial charge on any atom is 0.243 e. The molecular formula is C16H23N3O2. The van der Waals surface area contributed by atoms with Crippen molar-refractivity contribution in [3.63, 3.8) is 0 Å². The zero-order valence-electron chi connectivity index (χ0n) is 12.4. The summed E-state index contributed by atoms with van der Waals surface area (Å²) in [6.07, 6.45) is 8.05. The smallest absolute Gasteiger partial charge is 0.243 e. The molecule has 0 radical (unpaired) electrons. The van der Waals surface area contributed by atoms with Gasteiger partial charge in [-0.2, -0.15) is 5.26 Å². The van der Waals surface area contributed by atoms with Gasteiger partial charge in [-0.25, -0.2) is 0 Å². The Morgan fingerprint density at radius 1 is 1.29 bits per heavy atom. The lowest BCUT2D eigenvalue weighted by molar-refractivity contribution is -0.131. The molecule has 0 unspecified atom stereocenters. The summed E-state index contributed by atoms with van der Waals surface area (Å²) in [5.41, 5.74) is 1.27. The van der Waals surface area contributed by atoms with E-state index in [0.717, 1.165) is 25.7 Å². The molecule has 0 spiro atoms. The number of rotatable bonds is 4. The third-order valence-corrected chi connectivity index (χ3v) is 4.34. The van der Waals surface area contributed by atoms with Crippen LogP contribution in [0.2, 0.25) is 0 Å². The summed E-state index contributed by atoms with van der Waals surface area (Å²) in [5.74, 6) is 0.378. The largest absolute Gasteiger partial charge is 0.352 e. The minimum Gasteiger partial charge on any atom is -0.352 e. The SMILES string of the molecule is N#CCC(=O)N1CCC(CNC(=O)C=C2CCCC2)CC1. The van der Waals surface area contributed by atoms with Crippen LogP contribution in [0.15, 0.2) is 11.6 Å². The summed E-state index contributed by atoms with van der Waals surface area (Å²) in [5, 5.41) is 11.5. The van der Waals surface area contributed by atoms with Crippen molar-refractivity contribution in [3.8, 4) is 6.07 Å². The highest BCUT2D eigenvalue weighted by Crippen LogP contribution is 2.23. The number of allylic oxidation sites excluding steroid dienone is 1. The Bertz CT molecular complexity index is 449. The number of piperidine rings is 1. The van der Waals surface area contributed by atoms with Gasteiger partial charge in [0.15, 0.2) is 0 Å². The van der Waals surface area contributed by atoms with Crippen LogP contribution in [0.25, 0.3) is 0 Å². The summed E-state index contributed by atoms with van der Waals surface area (Å²) in [6.45, 7) is 2.08. The lowest BCUT2D eigenvalue weighted by atomic mass is 9.96. The van der Waals surface area contributed by atoms with Gasteiger partial charge < -0.3 is 10.2 Å². The lowest BCUT2D eigenvalue weighted by Crippen LogP contribution is -2.41. The Morgan fingerprint density at radius 2 is 1.95 bits per heavy atom. The van der Waals surface area contributed by atoms with E-state index in [4.69, 9.17) is 5.26 Å². The number of nitrogens with zero attached hydrogens (tertiary/aromatic N) is 2. The van der Waals surface area contributed by atoms with E-state index in [1.807, 2.05) is 6.07 Å². The minimum absolute atomic E-state index is 0.0230. The summed E-state index contributed by atoms with van der Waals surface area (Å²) in [4.78, 5) is 25.2. The number of carbonyl (C=O) groups excluding carboxylic acids is 2. The molecule has 21 heavy (non-hydrogen) atoms. The van der Waals surface area contributed by atoms with E-state index in [-0.39, 0.29) is 18.2 Å². The van der Waals surface area contributed by atoms with Gasteiger partial charge in [0, 0.05) is 25.7 Å². The zero-order valence-corrected chi connectivity index (χ0v) is 12.4. The van der Waals surface area contributed by atoms with Gasteiger partial charge in [-0.15, -0.1) is 0 Å². The molecule has 1 aliphatic heterocycles. The number of hydrogen-bond acceptors (Lipinski definition) is 3. The van der Waals surface area contributed by atoms with Crippen LogP contribution in [0.5, 0.6) is 0 Å². The fourth-order valence-corrected chi connectivity index (χ4v) is 3.02. The number of amides is 2. The molecule has 5 heteroatoms. The van der Waals surface area contributed by atoms with Gasteiger partial charge in [0.2, 0.25) is 11.8 Å². The first kappa shape index (κ1) is 15.6. The zero-order chi connectivity index (χ0) is 15.1. The maximum absolute atomic E-state index is 11.8. The number of likely N-dealkylation sites (tertiary alicyclic amines) is 1. The van der Waals surface area contributed by atoms with Gasteiger partial charge in [0.1, 0.15) is 6.42 Å². The molecule has 1 saturated heterocycles. The molecular weight excluding hydrogens is 266 g/mol. The molecule has 2 amide bonds. The van der Waals surface area contributed by atoms with Crippen LogP contribution in [0.1, 0.15) is 44.9 Å². The monoisotopic (exact) mass is 289 g/mol. The second-order valence-corrected chi connectivity index (χ2v) is 5.91. The first-order valence-electron chi connectivity index (χ1n) is 7.81. The van der Waals surface area contributed by atoms with Gasteiger partial charge >= 0.3 is 0 Å². The van der Waals surface area contributed by atoms with Crippen LogP contribution in [-0.4, -0.2) is 36.3 Å². The molecule has 2 rings (SSSR count). The molecule has 0 aromatic carbocycles. The Labute approximate surface area is 126 Å². The van der Waals surface area contributed by atoms with Gasteiger partial charge in [0.25, 0.3) is 0 Å². The van der Waals surface area contributed by atoms with Crippen LogP contribution in [-0.2, 0) is 9.59 Å². The van der Waals surface area contributed by atoms with E-state index in [9.17, 15) is 9.59 Å². The average Bonchev–Trinajstić information content (AvgIpc) is 2.99. The van der Waals surface area contributed by atoms with Crippen molar-refractivity contribution in [2.45, 2.75) is 44.9 Å². The summed E-state index contributed by atoms with van der Waals surface area (Å²) in [6, 6.07) is 1.90. The summed E-state index contributed by atoms with van der Waals surface area (Å²) < 4.78 is 0. The Kier molecular flexibility index (Phi) is 5.79. The molecule has 1 aliphatic carbocycles. The average molecular weight is 289 g/mol. The van der Waals surface area contributed by atoms with Crippen molar-refractivity contribution in [1.29, 1.82) is 5.26 Å². The van der Waals surface area contributed by atoms with E-state index in [2.05, 4.69) is 5.32 Å². The molecule has 5 nitrogen and oxygen atoms in total. The van der Waals surface area contributed by atoms with Crippen LogP contribution in [0.3, 0.4) is 0 Å². The first-order chi connectivity index (χ1) is 10.2. The maximum atomic E-state index is 11.8. The fraction of sp³-hybridized carbons (Fsp3) is 0.688. The quantitative estimate of drug-likeness (QED) is 0.801. The van der Waals surface area contributed by atoms with Crippen LogP contribution >= 0.6 is 0 Å². The van der Waals surface area contributed by atoms with Crippen LogP contribution < -0.4 is 5.32 Å². The second-order valence-electron chi connectivity index (χ2n) is 5.91. The van der Waals surface area contributed by atoms with Gasteiger partial charge in [-0.1, -0.05) is 5.57 Å². The third kappa shape index (κ3) is 4.89. The van der Waals surface area contributed by atoms with Crippen molar-refractivity contribution in [2.75, 3.05) is 19.6 Å². The number of carbonyl (C=O) groups is 2. The first-order valence-corrected chi connectivity index (χ1v) is 7.81. The highest BCUT2D eigenvalue weighted by molar-refractivity contribution is 5.88. The van der Waals surface area contributed by atoms with Crippen molar-refractivity contribution in [3.05, 3.63) is 11.6 Å². The van der Waals surface area contributed by atoms with Crippen LogP contribution in [0, 0.1) is 17.2 Å². The highest BCUT2D eigenvalue weighted by Gasteiger charge is 2.22. The fourth-order valence-electron chi connectivity index (χ4n) is 3.02. The molecule has 1 saturated carbocycles. The summed E-state index contributed by atoms with van der Waals surface area (Å²) in [7, 11) is 0. The number of nitrogens with one attached hydrogen (secondary N) is 1. The Hall–Kier alpha value is -1.83. The standard InChI is InChI=1S/C16H23N3O2/c17-8-5-16(21)19-9-6-14(7-10-19)12-18-15(20)11-13-3-1-2-4-13/h11,14H,1-7,9-10,12H2,(H,18,20). The van der Waals surface area contributed by atoms with E-state index >= 15 is 0 Å². The molecule has 0 aromatic heterocycles. The second kappa shape index (κ2) is 7.82. The Morgan fingerprint density at radius 3 is 2.57 bits per heavy atom. The normalized spacial score (nSPS) is 19.2. The third-order valence-electron chi connectivity index (χ3n) is 4.34. The summed E-state index contributed by atoms with van der Waals surface area (Å²) >= 11 is 0. The van der Waals surface area contributed by atoms with E-state index in [1.54, 1.807) is 11.0 Å². The molecule has 0 bridgehead atoms. The van der Waals surface area contributed by atoms with Crippen molar-refractivity contribution in [1.82, 2.24) is 10.2 Å². The van der Waals surface area contributed by atoms with Gasteiger partial charge in [-0.05, 0) is 44.4 Å². The number of hydrogen-bond donors (Lipinski definition) is 1. The van der Waals surface area contributed by atoms with Crippen molar-refractivity contribution >= 4 is 11.8 Å². The topological polar surface area (TPSA) is 73.2 Å². The van der Waals surface area contributed by atoms with E-state index in [1.165, 1.54) is 18.4 Å². The van der Waals surface area contributed by atoms with Crippen molar-refractivity contribution < 1.29 is 9.59 Å². The number of nitriles is 1. The predicted molar refractivity (Wildman–Crippen MR) is 79.1 cm³/mol. The van der Waals surface area contributed by atoms with E-state index in [0.29, 0.717) is 25.6 Å². The lowest BCUT2D eigenvalue weighted by Gasteiger charge is -2.31. The molecule has 1 N–H and O–H groups in total. The molecule has 114 valence electrons. The molecule has 0 atom stereocenters. The molecule has 1 heterocycles. The van der Waals surface area contributed by atoms with E-state index < -0.39 is 0 Å². The van der Waals surface area contributed by atoms with Crippen molar-refractivity contribution in [2.24, 2.45) is 5.92 Å². The molecule has 2 aliphatic rings. The molecule has 2 fully saturated rings. The minimum atomic E-state index is -0.0778.